The number of aliphatic carboxylic acids is 1. The van der Waals surface area contributed by atoms with Crippen molar-refractivity contribution >= 4 is 11.9 Å². The van der Waals surface area contributed by atoms with E-state index in [0.29, 0.717) is 25.9 Å². The third kappa shape index (κ3) is 6.81. The van der Waals surface area contributed by atoms with Crippen molar-refractivity contribution in [1.29, 1.82) is 0 Å². The van der Waals surface area contributed by atoms with Crippen molar-refractivity contribution in [2.45, 2.75) is 51.4 Å². The number of likely N-dealkylation sites (tertiary alicyclic amines) is 2. The highest BCUT2D eigenvalue weighted by atomic mass is 19.4. The van der Waals surface area contributed by atoms with E-state index in [0.717, 1.165) is 17.0 Å². The van der Waals surface area contributed by atoms with E-state index in [1.54, 1.807) is 4.90 Å². The van der Waals surface area contributed by atoms with Gasteiger partial charge in [-0.1, -0.05) is 12.1 Å². The standard InChI is InChI=1S/C29H33F5N2O5/c1-28(2,29(32,33)34)16-35-10-8-17(9-11-35)15-41-19-6-7-20(23(31)13-19)21-4-3-5-22(30)25(21)26(38)36-14-18(37)12-24(36)27(39)40/h3-7,13,17-18,24,37H,8-12,14-16H2,1-2H3,(H,39,40). The van der Waals surface area contributed by atoms with Gasteiger partial charge >= 0.3 is 12.1 Å². The number of piperidine rings is 1. The Hall–Kier alpha value is -3.25. The summed E-state index contributed by atoms with van der Waals surface area (Å²) in [5.74, 6) is -3.77. The molecule has 2 aromatic rings. The predicted molar refractivity (Wildman–Crippen MR) is 139 cm³/mol. The van der Waals surface area contributed by atoms with Crippen LogP contribution in [0.15, 0.2) is 36.4 Å². The third-order valence-corrected chi connectivity index (χ3v) is 7.86. The van der Waals surface area contributed by atoms with E-state index >= 15 is 4.39 Å². The molecule has 1 amide bonds. The van der Waals surface area contributed by atoms with Gasteiger partial charge in [0.1, 0.15) is 23.4 Å². The van der Waals surface area contributed by atoms with Crippen LogP contribution in [-0.2, 0) is 4.79 Å². The Morgan fingerprint density at radius 1 is 1.02 bits per heavy atom. The first-order valence-electron chi connectivity index (χ1n) is 13.4. The molecular weight excluding hydrogens is 551 g/mol. The number of rotatable bonds is 8. The van der Waals surface area contributed by atoms with Gasteiger partial charge in [0.2, 0.25) is 0 Å². The fourth-order valence-corrected chi connectivity index (χ4v) is 5.36. The largest absolute Gasteiger partial charge is 0.493 e. The molecule has 2 heterocycles. The average Bonchev–Trinajstić information content (AvgIpc) is 3.29. The first kappa shape index (κ1) is 30.7. The van der Waals surface area contributed by atoms with Crippen LogP contribution in [0.4, 0.5) is 22.0 Å². The smallest absolute Gasteiger partial charge is 0.395 e. The number of alkyl halides is 3. The molecule has 2 aromatic carbocycles. The second-order valence-corrected chi connectivity index (χ2v) is 11.4. The lowest BCUT2D eigenvalue weighted by atomic mass is 9.89. The summed E-state index contributed by atoms with van der Waals surface area (Å²) in [5, 5.41) is 19.4. The van der Waals surface area contributed by atoms with Gasteiger partial charge in [-0.15, -0.1) is 0 Å². The zero-order valence-corrected chi connectivity index (χ0v) is 22.8. The van der Waals surface area contributed by atoms with Crippen LogP contribution in [0.3, 0.4) is 0 Å². The number of hydrogen-bond acceptors (Lipinski definition) is 5. The van der Waals surface area contributed by atoms with Crippen molar-refractivity contribution in [3.05, 3.63) is 53.6 Å². The van der Waals surface area contributed by atoms with E-state index in [9.17, 15) is 37.4 Å². The van der Waals surface area contributed by atoms with Crippen molar-refractivity contribution in [2.24, 2.45) is 11.3 Å². The molecule has 0 aromatic heterocycles. The van der Waals surface area contributed by atoms with Gasteiger partial charge in [-0.3, -0.25) is 4.79 Å². The number of carbonyl (C=O) groups excluding carboxylic acids is 1. The van der Waals surface area contributed by atoms with Crippen LogP contribution in [0.2, 0.25) is 0 Å². The van der Waals surface area contributed by atoms with E-state index in [-0.39, 0.29) is 48.9 Å². The van der Waals surface area contributed by atoms with Gasteiger partial charge in [0.25, 0.3) is 5.91 Å². The molecule has 41 heavy (non-hydrogen) atoms. The molecule has 4 rings (SSSR count). The zero-order chi connectivity index (χ0) is 30.1. The summed E-state index contributed by atoms with van der Waals surface area (Å²) in [7, 11) is 0. The van der Waals surface area contributed by atoms with Crippen LogP contribution in [0.1, 0.15) is 43.5 Å². The number of halogens is 5. The Labute approximate surface area is 234 Å². The Morgan fingerprint density at radius 3 is 2.32 bits per heavy atom. The quantitative estimate of drug-likeness (QED) is 0.426. The second kappa shape index (κ2) is 11.9. The van der Waals surface area contributed by atoms with Gasteiger partial charge in [-0.05, 0) is 63.9 Å². The number of carboxylic acids is 1. The number of aliphatic hydroxyl groups is 1. The summed E-state index contributed by atoms with van der Waals surface area (Å²) in [6.45, 7) is 3.22. The molecule has 2 fully saturated rings. The topological polar surface area (TPSA) is 90.3 Å². The molecule has 2 saturated heterocycles. The highest BCUT2D eigenvalue weighted by Gasteiger charge is 2.48. The van der Waals surface area contributed by atoms with E-state index in [4.69, 9.17) is 4.74 Å². The Balaban J connectivity index is 1.42. The van der Waals surface area contributed by atoms with E-state index in [1.165, 1.54) is 38.1 Å². The number of carbonyl (C=O) groups is 2. The van der Waals surface area contributed by atoms with Crippen LogP contribution < -0.4 is 4.74 Å². The Kier molecular flexibility index (Phi) is 8.93. The zero-order valence-electron chi connectivity index (χ0n) is 22.8. The number of aliphatic hydroxyl groups excluding tert-OH is 1. The van der Waals surface area contributed by atoms with Gasteiger partial charge in [-0.2, -0.15) is 13.2 Å². The fraction of sp³-hybridized carbons (Fsp3) is 0.517. The Bertz CT molecular complexity index is 1280. The van der Waals surface area contributed by atoms with Crippen LogP contribution in [0.25, 0.3) is 11.1 Å². The third-order valence-electron chi connectivity index (χ3n) is 7.86. The number of amides is 1. The van der Waals surface area contributed by atoms with Gasteiger partial charge < -0.3 is 24.7 Å². The van der Waals surface area contributed by atoms with Crippen LogP contribution in [0.5, 0.6) is 5.75 Å². The van der Waals surface area contributed by atoms with Crippen molar-refractivity contribution in [1.82, 2.24) is 9.80 Å². The van der Waals surface area contributed by atoms with Crippen LogP contribution in [0, 0.1) is 23.0 Å². The molecule has 0 spiro atoms. The lowest BCUT2D eigenvalue weighted by Gasteiger charge is -2.38. The summed E-state index contributed by atoms with van der Waals surface area (Å²) < 4.78 is 75.6. The molecule has 0 aliphatic carbocycles. The molecule has 0 radical (unpaired) electrons. The molecule has 2 N–H and O–H groups in total. The minimum Gasteiger partial charge on any atom is -0.493 e. The molecule has 7 nitrogen and oxygen atoms in total. The molecule has 0 bridgehead atoms. The van der Waals surface area contributed by atoms with Crippen molar-refractivity contribution in [3.63, 3.8) is 0 Å². The number of hydrogen-bond donors (Lipinski definition) is 2. The highest BCUT2D eigenvalue weighted by Crippen LogP contribution is 2.39. The second-order valence-electron chi connectivity index (χ2n) is 11.4. The minimum absolute atomic E-state index is 0.0706. The maximum Gasteiger partial charge on any atom is 0.395 e. The Morgan fingerprint density at radius 2 is 1.71 bits per heavy atom. The number of ether oxygens (including phenoxy) is 1. The maximum atomic E-state index is 15.3. The van der Waals surface area contributed by atoms with E-state index < -0.39 is 52.8 Å². The summed E-state index contributed by atoms with van der Waals surface area (Å²) in [5.41, 5.74) is -2.47. The molecular formula is C29H33F5N2O5. The number of carboxylic acid groups (broad SMARTS) is 1. The molecule has 0 saturated carbocycles. The van der Waals surface area contributed by atoms with Crippen molar-refractivity contribution in [2.75, 3.05) is 32.8 Å². The first-order valence-corrected chi connectivity index (χ1v) is 13.4. The molecule has 2 aliphatic rings. The molecule has 12 heteroatoms. The van der Waals surface area contributed by atoms with E-state index in [2.05, 4.69) is 0 Å². The highest BCUT2D eigenvalue weighted by molar-refractivity contribution is 6.03. The predicted octanol–water partition coefficient (Wildman–Crippen LogP) is 4.97. The van der Waals surface area contributed by atoms with Gasteiger partial charge in [0, 0.05) is 36.7 Å². The van der Waals surface area contributed by atoms with E-state index in [1.807, 2.05) is 0 Å². The fourth-order valence-electron chi connectivity index (χ4n) is 5.36. The minimum atomic E-state index is -4.29. The summed E-state index contributed by atoms with van der Waals surface area (Å²) >= 11 is 0. The molecule has 2 atom stereocenters. The number of β-amino-alcohol motifs (C(OH)–C–C–N with tert-alkyl or cyclic N) is 1. The van der Waals surface area contributed by atoms with Gasteiger partial charge in [0.15, 0.2) is 0 Å². The maximum absolute atomic E-state index is 15.3. The monoisotopic (exact) mass is 584 g/mol. The molecule has 2 unspecified atom stereocenters. The summed E-state index contributed by atoms with van der Waals surface area (Å²) in [6.07, 6.45) is -4.31. The average molecular weight is 585 g/mol. The SMILES string of the molecule is CC(C)(CN1CCC(COc2ccc(-c3cccc(F)c3C(=O)N3CC(O)CC3C(=O)O)c(F)c2)CC1)C(F)(F)F. The van der Waals surface area contributed by atoms with Crippen molar-refractivity contribution in [3.8, 4) is 16.9 Å². The van der Waals surface area contributed by atoms with Gasteiger partial charge in [-0.25, -0.2) is 13.6 Å². The normalized spacial score (nSPS) is 20.8. The van der Waals surface area contributed by atoms with Crippen LogP contribution >= 0.6 is 0 Å². The van der Waals surface area contributed by atoms with Crippen LogP contribution in [-0.4, -0.2) is 83.0 Å². The lowest BCUT2D eigenvalue weighted by molar-refractivity contribution is -0.217. The lowest BCUT2D eigenvalue weighted by Crippen LogP contribution is -2.46. The van der Waals surface area contributed by atoms with Crippen molar-refractivity contribution < 1.29 is 46.5 Å². The molecule has 2 aliphatic heterocycles. The van der Waals surface area contributed by atoms with Gasteiger partial charge in [0.05, 0.1) is 23.7 Å². The summed E-state index contributed by atoms with van der Waals surface area (Å²) in [6, 6.07) is 6.25. The summed E-state index contributed by atoms with van der Waals surface area (Å²) in [4.78, 5) is 27.5. The number of benzene rings is 2. The molecule has 224 valence electrons. The first-order chi connectivity index (χ1) is 19.2. The number of nitrogens with zero attached hydrogens (tertiary/aromatic N) is 2.